The maximum atomic E-state index is 8.53. The molecular formula is H3DyGe3O6. The van der Waals surface area contributed by atoms with Crippen molar-refractivity contribution in [3.63, 3.8) is 0 Å². The van der Waals surface area contributed by atoms with Crippen LogP contribution >= 0.6 is 0 Å². The van der Waals surface area contributed by atoms with E-state index in [1.165, 1.54) is 0 Å². The Balaban J connectivity index is -0.0000000257. The van der Waals surface area contributed by atoms with Crippen LogP contribution in [-0.2, 0) is 11.3 Å². The topological polar surface area (TPSA) is 120 Å². The van der Waals surface area contributed by atoms with E-state index in [0.717, 1.165) is 0 Å². The summed E-state index contributed by atoms with van der Waals surface area (Å²) >= 11 is -6.56. The van der Waals surface area contributed by atoms with E-state index >= 15 is 0 Å². The molecule has 0 aromatic carbocycles. The van der Waals surface area contributed by atoms with Gasteiger partial charge in [0.1, 0.15) is 0 Å². The Hall–Kier alpha value is 1.70. The van der Waals surface area contributed by atoms with Gasteiger partial charge in [0.05, 0.1) is 0 Å². The van der Waals surface area contributed by atoms with Gasteiger partial charge in [0.15, 0.2) is 0 Å². The summed E-state index contributed by atoms with van der Waals surface area (Å²) in [6, 6.07) is 0. The van der Waals surface area contributed by atoms with Gasteiger partial charge in [-0.2, -0.15) is 0 Å². The fraction of sp³-hybridized carbons (Fsp3) is 0. The van der Waals surface area contributed by atoms with Gasteiger partial charge in [0.25, 0.3) is 0 Å². The fourth-order valence-corrected chi connectivity index (χ4v) is 0. The first kappa shape index (κ1) is 22.6. The van der Waals surface area contributed by atoms with Gasteiger partial charge >= 0.3 is 109 Å². The van der Waals surface area contributed by atoms with Gasteiger partial charge in [-0.25, -0.2) is 0 Å². The summed E-state index contributed by atoms with van der Waals surface area (Å²) in [4.78, 5) is 0. The molecule has 0 unspecified atom stereocenters. The monoisotopic (exact) mass is 485 g/mol. The SMILES string of the molecule is [Dy+3].[O]=[GeH][O-].[O]=[GeH][O-].[O]=[GeH][O-]. The second kappa shape index (κ2) is 45.6. The molecule has 10 heteroatoms. The van der Waals surface area contributed by atoms with E-state index in [2.05, 4.69) is 0 Å². The second-order valence-corrected chi connectivity index (χ2v) is 1.50. The van der Waals surface area contributed by atoms with E-state index in [1.54, 1.807) is 0 Å². The molecule has 10 heavy (non-hydrogen) atoms. The Morgan fingerprint density at radius 1 is 0.700 bits per heavy atom. The minimum atomic E-state index is -2.19. The normalized spacial score (nSPS) is 3.60. The Morgan fingerprint density at radius 3 is 0.700 bits per heavy atom. The summed E-state index contributed by atoms with van der Waals surface area (Å²) < 4.78 is 51.2. The van der Waals surface area contributed by atoms with E-state index in [4.69, 9.17) is 23.7 Å². The van der Waals surface area contributed by atoms with Crippen molar-refractivity contribution in [2.75, 3.05) is 0 Å². The maximum absolute atomic E-state index is 8.53. The van der Waals surface area contributed by atoms with Crippen LogP contribution in [0.2, 0.25) is 0 Å². The van der Waals surface area contributed by atoms with Crippen molar-refractivity contribution < 1.29 is 61.9 Å². The summed E-state index contributed by atoms with van der Waals surface area (Å²) in [5.41, 5.74) is 0. The van der Waals surface area contributed by atoms with Gasteiger partial charge < -0.3 is 0 Å². The first-order valence-corrected chi connectivity index (χ1v) is 7.35. The van der Waals surface area contributed by atoms with Crippen molar-refractivity contribution in [3.05, 3.63) is 0 Å². The molecule has 0 bridgehead atoms. The average Bonchev–Trinajstić information content (AvgIpc) is 1.70. The molecular weight excluding hydrogens is 476 g/mol. The van der Waals surface area contributed by atoms with Crippen molar-refractivity contribution in [3.8, 4) is 0 Å². The van der Waals surface area contributed by atoms with Crippen molar-refractivity contribution in [1.82, 2.24) is 0 Å². The molecule has 1 radical (unpaired) electrons. The van der Waals surface area contributed by atoms with Crippen molar-refractivity contribution in [2.45, 2.75) is 0 Å². The minimum absolute atomic E-state index is 0. The Labute approximate surface area is 107 Å². The van der Waals surface area contributed by atoms with Crippen LogP contribution in [0.25, 0.3) is 0 Å². The van der Waals surface area contributed by atoms with E-state index in [9.17, 15) is 0 Å². The molecule has 0 aliphatic heterocycles. The van der Waals surface area contributed by atoms with Crippen LogP contribution in [0.5, 0.6) is 0 Å². The van der Waals surface area contributed by atoms with Crippen LogP contribution in [0.4, 0.5) is 0 Å². The van der Waals surface area contributed by atoms with Crippen molar-refractivity contribution in [1.29, 1.82) is 0 Å². The number of hydrogen-bond donors (Lipinski definition) is 0. The summed E-state index contributed by atoms with van der Waals surface area (Å²) in [6.45, 7) is 0. The molecule has 0 rings (SSSR count). The Bertz CT molecular complexity index is 49.7. The summed E-state index contributed by atoms with van der Waals surface area (Å²) in [7, 11) is 0. The molecule has 0 amide bonds. The third-order valence-corrected chi connectivity index (χ3v) is 0. The van der Waals surface area contributed by atoms with Gasteiger partial charge in [0, 0.05) is 0 Å². The van der Waals surface area contributed by atoms with E-state index in [-0.39, 0.29) is 38.2 Å². The zero-order chi connectivity index (χ0) is 8.12. The first-order valence-electron chi connectivity index (χ1n) is 1.41. The first-order chi connectivity index (χ1) is 4.24. The molecule has 0 atom stereocenters. The van der Waals surface area contributed by atoms with Crippen LogP contribution in [0, 0.1) is 38.2 Å². The summed E-state index contributed by atoms with van der Waals surface area (Å²) in [6.07, 6.45) is 0. The third-order valence-electron chi connectivity index (χ3n) is 0. The van der Waals surface area contributed by atoms with Crippen molar-refractivity contribution >= 4 is 47.1 Å². The van der Waals surface area contributed by atoms with Crippen LogP contribution in [-0.4, -0.2) is 47.1 Å². The van der Waals surface area contributed by atoms with Crippen molar-refractivity contribution in [2.24, 2.45) is 0 Å². The zero-order valence-electron chi connectivity index (χ0n) is 4.50. The predicted molar refractivity (Wildman–Crippen MR) is 23.5 cm³/mol. The third kappa shape index (κ3) is 254. The molecule has 0 aliphatic rings. The number of hydrogen-bond acceptors (Lipinski definition) is 6. The molecule has 0 spiro atoms. The molecule has 0 saturated heterocycles. The molecule has 0 aromatic rings. The number of rotatable bonds is 0. The average molecular weight is 479 g/mol. The van der Waals surface area contributed by atoms with Crippen LogP contribution in [0.1, 0.15) is 0 Å². The molecule has 0 heterocycles. The zero-order valence-corrected chi connectivity index (χ0v) is 13.8. The molecule has 61 valence electrons. The molecule has 0 aromatic heterocycles. The Kier molecular flexibility index (Phi) is 103. The van der Waals surface area contributed by atoms with Gasteiger partial charge in [-0.1, -0.05) is 0 Å². The Morgan fingerprint density at radius 2 is 0.700 bits per heavy atom. The van der Waals surface area contributed by atoms with E-state index in [1.807, 2.05) is 0 Å². The van der Waals surface area contributed by atoms with Gasteiger partial charge in [-0.05, 0) is 0 Å². The molecule has 0 N–H and O–H groups in total. The molecule has 6 nitrogen and oxygen atoms in total. The molecule has 0 fully saturated rings. The molecule has 0 saturated carbocycles. The molecule has 0 aliphatic carbocycles. The standard InChI is InChI=1S/Dy.3GeHO2/c;3*2-1-3/h;3*1H/q+3;3*-1. The van der Waals surface area contributed by atoms with Gasteiger partial charge in [-0.3, -0.25) is 0 Å². The fourth-order valence-electron chi connectivity index (χ4n) is 0. The van der Waals surface area contributed by atoms with Crippen LogP contribution in [0.3, 0.4) is 0 Å². The predicted octanol–water partition coefficient (Wildman–Crippen LogP) is -5.87. The summed E-state index contributed by atoms with van der Waals surface area (Å²) in [5.74, 6) is 0. The summed E-state index contributed by atoms with van der Waals surface area (Å²) in [5, 5.41) is 0. The van der Waals surface area contributed by atoms with E-state index < -0.39 is 47.1 Å². The quantitative estimate of drug-likeness (QED) is 0.319. The second-order valence-electron chi connectivity index (χ2n) is 0.289. The van der Waals surface area contributed by atoms with Gasteiger partial charge in [0.2, 0.25) is 0 Å². The van der Waals surface area contributed by atoms with E-state index in [0.29, 0.717) is 0 Å². The van der Waals surface area contributed by atoms with Crippen LogP contribution < -0.4 is 12.4 Å². The van der Waals surface area contributed by atoms with Crippen LogP contribution in [0.15, 0.2) is 0 Å². The van der Waals surface area contributed by atoms with Gasteiger partial charge in [-0.15, -0.1) is 0 Å².